The molecule has 7 heteroatoms. The number of rotatable bonds is 7. The summed E-state index contributed by atoms with van der Waals surface area (Å²) in [6.45, 7) is 8.28. The van der Waals surface area contributed by atoms with Gasteiger partial charge in [-0.3, -0.25) is 9.59 Å². The molecule has 0 aliphatic rings. The summed E-state index contributed by atoms with van der Waals surface area (Å²) in [7, 11) is 0. The fourth-order valence-electron chi connectivity index (χ4n) is 1.47. The minimum Gasteiger partial charge on any atom is -0.465 e. The van der Waals surface area contributed by atoms with Crippen molar-refractivity contribution >= 4 is 28.3 Å². The topological polar surface area (TPSA) is 80.3 Å². The second kappa shape index (κ2) is 7.23. The van der Waals surface area contributed by atoms with Gasteiger partial charge in [0, 0.05) is 11.9 Å². The number of nitrogens with one attached hydrogen (secondary N) is 2. The number of amides is 1. The van der Waals surface area contributed by atoms with Crippen molar-refractivity contribution in [3.8, 4) is 0 Å². The molecule has 6 nitrogen and oxygen atoms in total. The molecule has 0 fully saturated rings. The fourth-order valence-corrected chi connectivity index (χ4v) is 2.35. The highest BCUT2D eigenvalue weighted by molar-refractivity contribution is 7.13. The number of thiazole rings is 1. The standard InChI is InChI=1S/C13H21N3O3S/c1-5-14-10(17)7-15-12-16-9(8-20-12)13(3,4)11(18)19-6-2/h8H,5-7H2,1-4H3,(H,14,17)(H,15,16). The van der Waals surface area contributed by atoms with Crippen molar-refractivity contribution in [1.29, 1.82) is 0 Å². The van der Waals surface area contributed by atoms with Crippen LogP contribution in [0.2, 0.25) is 0 Å². The van der Waals surface area contributed by atoms with Crippen LogP contribution in [-0.4, -0.2) is 36.6 Å². The summed E-state index contributed by atoms with van der Waals surface area (Å²) in [6, 6.07) is 0. The highest BCUT2D eigenvalue weighted by Gasteiger charge is 2.33. The van der Waals surface area contributed by atoms with E-state index in [-0.39, 0.29) is 18.4 Å². The van der Waals surface area contributed by atoms with Crippen molar-refractivity contribution in [3.05, 3.63) is 11.1 Å². The number of hydrogen-bond donors (Lipinski definition) is 2. The smallest absolute Gasteiger partial charge is 0.317 e. The summed E-state index contributed by atoms with van der Waals surface area (Å²) in [5.74, 6) is -0.394. The zero-order valence-corrected chi connectivity index (χ0v) is 13.1. The summed E-state index contributed by atoms with van der Waals surface area (Å²) >= 11 is 1.36. The van der Waals surface area contributed by atoms with Gasteiger partial charge in [-0.2, -0.15) is 0 Å². The van der Waals surface area contributed by atoms with Crippen molar-refractivity contribution < 1.29 is 14.3 Å². The summed E-state index contributed by atoms with van der Waals surface area (Å²) in [5, 5.41) is 8.04. The van der Waals surface area contributed by atoms with Crippen LogP contribution in [0.15, 0.2) is 5.38 Å². The molecule has 1 rings (SSSR count). The van der Waals surface area contributed by atoms with Crippen LogP contribution >= 0.6 is 11.3 Å². The molecular weight excluding hydrogens is 278 g/mol. The van der Waals surface area contributed by atoms with E-state index < -0.39 is 5.41 Å². The molecule has 0 saturated carbocycles. The summed E-state index contributed by atoms with van der Waals surface area (Å²) in [5.41, 5.74) is -0.155. The van der Waals surface area contributed by atoms with Crippen LogP contribution in [0, 0.1) is 0 Å². The molecule has 1 heterocycles. The number of carbonyl (C=O) groups excluding carboxylic acids is 2. The Morgan fingerprint density at radius 1 is 1.40 bits per heavy atom. The highest BCUT2D eigenvalue weighted by Crippen LogP contribution is 2.28. The molecule has 0 bridgehead atoms. The Morgan fingerprint density at radius 3 is 2.70 bits per heavy atom. The van der Waals surface area contributed by atoms with E-state index in [2.05, 4.69) is 15.6 Å². The number of esters is 1. The molecule has 0 spiro atoms. The lowest BCUT2D eigenvalue weighted by Crippen LogP contribution is -2.31. The Morgan fingerprint density at radius 2 is 2.10 bits per heavy atom. The van der Waals surface area contributed by atoms with Gasteiger partial charge in [0.2, 0.25) is 5.91 Å². The predicted octanol–water partition coefficient (Wildman–Crippen LogP) is 1.53. The molecule has 2 N–H and O–H groups in total. The summed E-state index contributed by atoms with van der Waals surface area (Å²) < 4.78 is 5.04. The third kappa shape index (κ3) is 4.19. The van der Waals surface area contributed by atoms with Crippen LogP contribution < -0.4 is 10.6 Å². The van der Waals surface area contributed by atoms with E-state index >= 15 is 0 Å². The Bertz CT molecular complexity index is 471. The van der Waals surface area contributed by atoms with Gasteiger partial charge in [-0.25, -0.2) is 4.98 Å². The number of carbonyl (C=O) groups is 2. The molecule has 0 radical (unpaired) electrons. The molecule has 0 atom stereocenters. The van der Waals surface area contributed by atoms with Crippen LogP contribution in [0.5, 0.6) is 0 Å². The first-order chi connectivity index (χ1) is 9.41. The second-order valence-corrected chi connectivity index (χ2v) is 5.55. The van der Waals surface area contributed by atoms with Crippen molar-refractivity contribution in [2.45, 2.75) is 33.1 Å². The lowest BCUT2D eigenvalue weighted by Gasteiger charge is -2.19. The minimum atomic E-state index is -0.794. The van der Waals surface area contributed by atoms with E-state index in [1.165, 1.54) is 11.3 Å². The average Bonchev–Trinajstić information content (AvgIpc) is 2.86. The molecule has 1 aromatic heterocycles. The van der Waals surface area contributed by atoms with Crippen molar-refractivity contribution in [2.75, 3.05) is 25.0 Å². The Balaban J connectivity index is 2.67. The van der Waals surface area contributed by atoms with Gasteiger partial charge in [0.15, 0.2) is 5.13 Å². The van der Waals surface area contributed by atoms with Gasteiger partial charge in [-0.05, 0) is 27.7 Å². The van der Waals surface area contributed by atoms with Crippen molar-refractivity contribution in [2.24, 2.45) is 0 Å². The van der Waals surface area contributed by atoms with Crippen molar-refractivity contribution in [3.63, 3.8) is 0 Å². The molecular formula is C13H21N3O3S. The molecule has 1 aromatic rings. The van der Waals surface area contributed by atoms with Gasteiger partial charge < -0.3 is 15.4 Å². The SMILES string of the molecule is CCNC(=O)CNc1nc(C(C)(C)C(=O)OCC)cs1. The van der Waals surface area contributed by atoms with Crippen LogP contribution in [0.1, 0.15) is 33.4 Å². The summed E-state index contributed by atoms with van der Waals surface area (Å²) in [4.78, 5) is 27.6. The molecule has 20 heavy (non-hydrogen) atoms. The molecule has 1 amide bonds. The van der Waals surface area contributed by atoms with Gasteiger partial charge in [0.25, 0.3) is 0 Å². The number of nitrogens with zero attached hydrogens (tertiary/aromatic N) is 1. The number of likely N-dealkylation sites (N-methyl/N-ethyl adjacent to an activating group) is 1. The lowest BCUT2D eigenvalue weighted by molar-refractivity contribution is -0.148. The monoisotopic (exact) mass is 299 g/mol. The largest absolute Gasteiger partial charge is 0.465 e. The third-order valence-corrected chi connectivity index (χ3v) is 3.50. The van der Waals surface area contributed by atoms with Crippen LogP contribution in [0.4, 0.5) is 5.13 Å². The van der Waals surface area contributed by atoms with Gasteiger partial charge in [0.05, 0.1) is 18.8 Å². The van der Waals surface area contributed by atoms with E-state index in [1.807, 2.05) is 6.92 Å². The van der Waals surface area contributed by atoms with E-state index in [4.69, 9.17) is 4.74 Å². The number of aromatic nitrogens is 1. The first-order valence-electron chi connectivity index (χ1n) is 6.55. The minimum absolute atomic E-state index is 0.0890. The Hall–Kier alpha value is -1.63. The van der Waals surface area contributed by atoms with E-state index in [9.17, 15) is 9.59 Å². The Kier molecular flexibility index (Phi) is 5.94. The highest BCUT2D eigenvalue weighted by atomic mass is 32.1. The number of hydrogen-bond acceptors (Lipinski definition) is 6. The predicted molar refractivity (Wildman–Crippen MR) is 78.9 cm³/mol. The van der Waals surface area contributed by atoms with Crippen LogP contribution in [0.25, 0.3) is 0 Å². The van der Waals surface area contributed by atoms with E-state index in [1.54, 1.807) is 26.2 Å². The molecule has 112 valence electrons. The van der Waals surface area contributed by atoms with Crippen molar-refractivity contribution in [1.82, 2.24) is 10.3 Å². The first kappa shape index (κ1) is 16.4. The van der Waals surface area contributed by atoms with Gasteiger partial charge in [-0.1, -0.05) is 0 Å². The molecule has 0 aliphatic carbocycles. The lowest BCUT2D eigenvalue weighted by atomic mass is 9.90. The Labute approximate surface area is 122 Å². The first-order valence-corrected chi connectivity index (χ1v) is 7.43. The average molecular weight is 299 g/mol. The normalized spacial score (nSPS) is 11.0. The summed E-state index contributed by atoms with van der Waals surface area (Å²) in [6.07, 6.45) is 0. The number of ether oxygens (including phenoxy) is 1. The van der Waals surface area contributed by atoms with Crippen LogP contribution in [-0.2, 0) is 19.7 Å². The van der Waals surface area contributed by atoms with Crippen LogP contribution in [0.3, 0.4) is 0 Å². The maximum absolute atomic E-state index is 11.9. The number of anilines is 1. The van der Waals surface area contributed by atoms with Gasteiger partial charge in [0.1, 0.15) is 5.41 Å². The van der Waals surface area contributed by atoms with Gasteiger partial charge >= 0.3 is 5.97 Å². The molecule has 0 saturated heterocycles. The molecule has 0 aromatic carbocycles. The molecule has 0 aliphatic heterocycles. The zero-order chi connectivity index (χ0) is 15.2. The van der Waals surface area contributed by atoms with Gasteiger partial charge in [-0.15, -0.1) is 11.3 Å². The second-order valence-electron chi connectivity index (χ2n) is 4.69. The third-order valence-electron chi connectivity index (χ3n) is 2.70. The van der Waals surface area contributed by atoms with E-state index in [0.29, 0.717) is 24.0 Å². The molecule has 0 unspecified atom stereocenters. The quantitative estimate of drug-likeness (QED) is 0.746. The van der Waals surface area contributed by atoms with E-state index in [0.717, 1.165) is 0 Å². The maximum atomic E-state index is 11.9. The maximum Gasteiger partial charge on any atom is 0.317 e. The fraction of sp³-hybridized carbons (Fsp3) is 0.615. The zero-order valence-electron chi connectivity index (χ0n) is 12.3.